The molecule has 194 valence electrons. The first-order chi connectivity index (χ1) is 18.6. The highest BCUT2D eigenvalue weighted by Crippen LogP contribution is 2.52. The molecule has 0 amide bonds. The van der Waals surface area contributed by atoms with E-state index < -0.39 is 0 Å². The van der Waals surface area contributed by atoms with E-state index in [1.807, 2.05) is 49.4 Å². The standard InChI is InChI=1S/C32H33N3O3/c1-2-37-30(36)19-22-6-3-4-9-28(22)38-29-20-32(13-16-34-17-14-32)27-11-10-21(18-26(27)29)23-7-5-8-25-24(23)12-15-35-31(25)33/h3-12,15,18,29,34H,2,13-14,16-17,19-20H2,1H3,(H2,33,35)/t29-/m0/s1. The third-order valence-corrected chi connectivity index (χ3v) is 8.14. The number of fused-ring (bicyclic) bond motifs is 3. The van der Waals surface area contributed by atoms with E-state index in [9.17, 15) is 4.79 Å². The van der Waals surface area contributed by atoms with Gasteiger partial charge in [0.1, 0.15) is 17.7 Å². The Morgan fingerprint density at radius 3 is 2.74 bits per heavy atom. The van der Waals surface area contributed by atoms with Crippen LogP contribution in [0.25, 0.3) is 21.9 Å². The summed E-state index contributed by atoms with van der Waals surface area (Å²) in [7, 11) is 0. The molecular formula is C32H33N3O3. The van der Waals surface area contributed by atoms with Crippen LogP contribution in [-0.2, 0) is 21.4 Å². The lowest BCUT2D eigenvalue weighted by Crippen LogP contribution is -2.38. The van der Waals surface area contributed by atoms with Gasteiger partial charge in [-0.05, 0) is 85.1 Å². The first-order valence-electron chi connectivity index (χ1n) is 13.5. The smallest absolute Gasteiger partial charge is 0.310 e. The molecule has 1 aliphatic heterocycles. The molecule has 1 fully saturated rings. The summed E-state index contributed by atoms with van der Waals surface area (Å²) in [6, 6.07) is 22.9. The molecular weight excluding hydrogens is 474 g/mol. The number of hydrogen-bond donors (Lipinski definition) is 2. The molecule has 38 heavy (non-hydrogen) atoms. The monoisotopic (exact) mass is 507 g/mol. The predicted molar refractivity (Wildman–Crippen MR) is 150 cm³/mol. The largest absolute Gasteiger partial charge is 0.485 e. The molecule has 0 saturated carbocycles. The molecule has 3 N–H and O–H groups in total. The average Bonchev–Trinajstić information content (AvgIpc) is 3.22. The summed E-state index contributed by atoms with van der Waals surface area (Å²) < 4.78 is 12.0. The van der Waals surface area contributed by atoms with E-state index in [1.165, 1.54) is 11.1 Å². The molecule has 1 spiro atoms. The van der Waals surface area contributed by atoms with Gasteiger partial charge in [0, 0.05) is 22.6 Å². The van der Waals surface area contributed by atoms with Crippen molar-refractivity contribution in [2.45, 2.75) is 44.1 Å². The van der Waals surface area contributed by atoms with Gasteiger partial charge >= 0.3 is 5.97 Å². The van der Waals surface area contributed by atoms with Gasteiger partial charge in [-0.3, -0.25) is 4.79 Å². The normalized spacial score (nSPS) is 17.9. The van der Waals surface area contributed by atoms with Gasteiger partial charge in [-0.15, -0.1) is 0 Å². The predicted octanol–water partition coefficient (Wildman–Crippen LogP) is 5.73. The Morgan fingerprint density at radius 1 is 1.05 bits per heavy atom. The van der Waals surface area contributed by atoms with E-state index >= 15 is 0 Å². The summed E-state index contributed by atoms with van der Waals surface area (Å²) in [4.78, 5) is 16.6. The zero-order valence-corrected chi connectivity index (χ0v) is 21.7. The van der Waals surface area contributed by atoms with Crippen molar-refractivity contribution in [2.75, 3.05) is 25.4 Å². The molecule has 6 heteroatoms. The van der Waals surface area contributed by atoms with Gasteiger partial charge in [-0.2, -0.15) is 0 Å². The zero-order valence-electron chi connectivity index (χ0n) is 21.7. The topological polar surface area (TPSA) is 86.5 Å². The van der Waals surface area contributed by atoms with Crippen molar-refractivity contribution in [3.8, 4) is 16.9 Å². The van der Waals surface area contributed by atoms with Crippen LogP contribution in [0, 0.1) is 0 Å². The number of carbonyl (C=O) groups excluding carboxylic acids is 1. The van der Waals surface area contributed by atoms with Gasteiger partial charge in [-0.25, -0.2) is 4.98 Å². The summed E-state index contributed by atoms with van der Waals surface area (Å²) in [5, 5.41) is 5.58. The fourth-order valence-corrected chi connectivity index (χ4v) is 6.31. The van der Waals surface area contributed by atoms with Crippen LogP contribution in [0.3, 0.4) is 0 Å². The maximum absolute atomic E-state index is 12.3. The van der Waals surface area contributed by atoms with Crippen molar-refractivity contribution in [1.29, 1.82) is 0 Å². The number of carbonyl (C=O) groups is 1. The second-order valence-electron chi connectivity index (χ2n) is 10.3. The number of anilines is 1. The van der Waals surface area contributed by atoms with Crippen LogP contribution in [0.1, 0.15) is 49.0 Å². The fourth-order valence-electron chi connectivity index (χ4n) is 6.31. The van der Waals surface area contributed by atoms with Gasteiger partial charge in [0.05, 0.1) is 13.0 Å². The van der Waals surface area contributed by atoms with Crippen molar-refractivity contribution in [1.82, 2.24) is 10.3 Å². The van der Waals surface area contributed by atoms with Crippen LogP contribution in [0.15, 0.2) is 72.9 Å². The van der Waals surface area contributed by atoms with E-state index in [4.69, 9.17) is 15.2 Å². The second-order valence-corrected chi connectivity index (χ2v) is 10.3. The molecule has 0 unspecified atom stereocenters. The first kappa shape index (κ1) is 24.4. The van der Waals surface area contributed by atoms with E-state index in [0.717, 1.165) is 65.6 Å². The number of nitrogens with zero attached hydrogens (tertiary/aromatic N) is 1. The zero-order chi connectivity index (χ0) is 26.1. The van der Waals surface area contributed by atoms with Crippen LogP contribution in [0.5, 0.6) is 5.75 Å². The number of nitrogens with one attached hydrogen (secondary N) is 1. The Morgan fingerprint density at radius 2 is 1.89 bits per heavy atom. The molecule has 0 radical (unpaired) electrons. The number of pyridine rings is 1. The average molecular weight is 508 g/mol. The maximum Gasteiger partial charge on any atom is 0.310 e. The molecule has 1 aliphatic carbocycles. The maximum atomic E-state index is 12.3. The summed E-state index contributed by atoms with van der Waals surface area (Å²) >= 11 is 0. The first-order valence-corrected chi connectivity index (χ1v) is 13.5. The number of ether oxygens (including phenoxy) is 2. The van der Waals surface area contributed by atoms with Gasteiger partial charge < -0.3 is 20.5 Å². The highest BCUT2D eigenvalue weighted by atomic mass is 16.5. The minimum atomic E-state index is -0.239. The highest BCUT2D eigenvalue weighted by Gasteiger charge is 2.45. The lowest BCUT2D eigenvalue weighted by molar-refractivity contribution is -0.142. The molecule has 4 aromatic rings. The number of esters is 1. The number of aromatic nitrogens is 1. The molecule has 1 aromatic heterocycles. The van der Waals surface area contributed by atoms with Crippen LogP contribution >= 0.6 is 0 Å². The Bertz CT molecular complexity index is 1490. The third-order valence-electron chi connectivity index (χ3n) is 8.14. The second kappa shape index (κ2) is 10.1. The van der Waals surface area contributed by atoms with Crippen LogP contribution < -0.4 is 15.8 Å². The lowest BCUT2D eigenvalue weighted by atomic mass is 9.74. The summed E-state index contributed by atoms with van der Waals surface area (Å²) in [5.74, 6) is 1.05. The van der Waals surface area contributed by atoms with Crippen LogP contribution in [0.2, 0.25) is 0 Å². The summed E-state index contributed by atoms with van der Waals surface area (Å²) in [6.45, 7) is 4.20. The number of piperidine rings is 1. The Balaban J connectivity index is 1.41. The number of rotatable bonds is 6. The highest BCUT2D eigenvalue weighted by molar-refractivity contribution is 6.01. The van der Waals surface area contributed by atoms with E-state index in [-0.39, 0.29) is 23.9 Å². The molecule has 2 aliphatic rings. The lowest BCUT2D eigenvalue weighted by Gasteiger charge is -2.35. The van der Waals surface area contributed by atoms with Gasteiger partial charge in [-0.1, -0.05) is 48.5 Å². The summed E-state index contributed by atoms with van der Waals surface area (Å²) in [5.41, 5.74) is 12.0. The quantitative estimate of drug-likeness (QED) is 0.324. The molecule has 3 aromatic carbocycles. The van der Waals surface area contributed by atoms with Gasteiger partial charge in [0.25, 0.3) is 0 Å². The minimum absolute atomic E-state index is 0.0902. The molecule has 1 atom stereocenters. The number of nitrogen functional groups attached to an aromatic ring is 1. The van der Waals surface area contributed by atoms with Crippen LogP contribution in [-0.4, -0.2) is 30.6 Å². The van der Waals surface area contributed by atoms with Crippen molar-refractivity contribution < 1.29 is 14.3 Å². The van der Waals surface area contributed by atoms with Gasteiger partial charge in [0.2, 0.25) is 0 Å². The number of nitrogens with two attached hydrogens (primary N) is 1. The van der Waals surface area contributed by atoms with E-state index in [0.29, 0.717) is 12.4 Å². The van der Waals surface area contributed by atoms with Crippen molar-refractivity contribution >= 4 is 22.6 Å². The van der Waals surface area contributed by atoms with Crippen molar-refractivity contribution in [2.24, 2.45) is 0 Å². The Labute approximate surface area is 223 Å². The molecule has 0 bridgehead atoms. The minimum Gasteiger partial charge on any atom is -0.485 e. The van der Waals surface area contributed by atoms with Crippen molar-refractivity contribution in [3.63, 3.8) is 0 Å². The Hall–Kier alpha value is -3.90. The molecule has 1 saturated heterocycles. The molecule has 6 rings (SSSR count). The van der Waals surface area contributed by atoms with E-state index in [2.05, 4.69) is 34.6 Å². The molecule has 6 nitrogen and oxygen atoms in total. The number of benzene rings is 3. The number of para-hydroxylation sites is 1. The fraction of sp³-hybridized carbons (Fsp3) is 0.312. The SMILES string of the molecule is CCOC(=O)Cc1ccccc1O[C@H]1CC2(CCNCC2)c2ccc(-c3cccc4c(N)nccc34)cc21. The molecule has 2 heterocycles. The Kier molecular flexibility index (Phi) is 6.50. The number of hydrogen-bond acceptors (Lipinski definition) is 6. The van der Waals surface area contributed by atoms with E-state index in [1.54, 1.807) is 6.20 Å². The van der Waals surface area contributed by atoms with Crippen LogP contribution in [0.4, 0.5) is 5.82 Å². The third kappa shape index (κ3) is 4.39. The van der Waals surface area contributed by atoms with Crippen molar-refractivity contribution in [3.05, 3.63) is 89.6 Å². The summed E-state index contributed by atoms with van der Waals surface area (Å²) in [6.07, 6.45) is 4.95. The van der Waals surface area contributed by atoms with Gasteiger partial charge in [0.15, 0.2) is 0 Å².